The van der Waals surface area contributed by atoms with Crippen LogP contribution in [0.3, 0.4) is 0 Å². The van der Waals surface area contributed by atoms with Gasteiger partial charge in [-0.05, 0) is 32.4 Å². The predicted octanol–water partition coefficient (Wildman–Crippen LogP) is 8.28. The number of fused-ring (bicyclic) bond motifs is 3. The molecule has 38 heavy (non-hydrogen) atoms. The smallest absolute Gasteiger partial charge is 0.290 e. The van der Waals surface area contributed by atoms with Crippen molar-refractivity contribution < 1.29 is 26.9 Å². The van der Waals surface area contributed by atoms with Crippen LogP contribution in [0.4, 0.5) is 0 Å². The average molecular weight is 591 g/mol. The maximum Gasteiger partial charge on any atom is 0.290 e. The fourth-order valence-electron chi connectivity index (χ4n) is 3.98. The highest BCUT2D eigenvalue weighted by Gasteiger charge is 2.38. The van der Waals surface area contributed by atoms with Crippen molar-refractivity contribution in [2.45, 2.75) is 13.2 Å². The van der Waals surface area contributed by atoms with Crippen molar-refractivity contribution in [2.24, 2.45) is 5.41 Å². The van der Waals surface area contributed by atoms with Gasteiger partial charge in [0.2, 0.25) is 0 Å². The van der Waals surface area contributed by atoms with Gasteiger partial charge >= 0.3 is 0 Å². The predicted molar refractivity (Wildman–Crippen MR) is 166 cm³/mol. The first kappa shape index (κ1) is 29.4. The zero-order valence-corrected chi connectivity index (χ0v) is 25.9. The van der Waals surface area contributed by atoms with Gasteiger partial charge in [0, 0.05) is 34.0 Å². The van der Waals surface area contributed by atoms with Crippen LogP contribution in [0.5, 0.6) is 0 Å². The molecule has 10 heteroatoms. The van der Waals surface area contributed by atoms with Gasteiger partial charge in [-0.15, -0.1) is 0 Å². The lowest BCUT2D eigenvalue weighted by Crippen LogP contribution is -2.45. The summed E-state index contributed by atoms with van der Waals surface area (Å²) in [5.41, 5.74) is 5.75. The maximum atomic E-state index is 5.94. The molecule has 1 aromatic heterocycles. The summed E-state index contributed by atoms with van der Waals surface area (Å²) < 4.78 is 34.8. The van der Waals surface area contributed by atoms with Crippen molar-refractivity contribution in [3.8, 4) is 0 Å². The van der Waals surface area contributed by atoms with E-state index in [2.05, 4.69) is 52.2 Å². The van der Waals surface area contributed by atoms with Gasteiger partial charge in [0.05, 0.1) is 40.7 Å². The van der Waals surface area contributed by atoms with Crippen LogP contribution in [0.15, 0.2) is 81.2 Å². The quantitative estimate of drug-likeness (QED) is 0.192. The van der Waals surface area contributed by atoms with Crippen LogP contribution < -0.4 is 0 Å². The third-order valence-electron chi connectivity index (χ3n) is 6.04. The Kier molecular flexibility index (Phi) is 11.4. The molecular weight excluding hydrogens is 556 g/mol. The lowest BCUT2D eigenvalue weighted by Gasteiger charge is -2.39. The Morgan fingerprint density at radius 3 is 1.82 bits per heavy atom. The topological polar surface area (TPSA) is 63.2 Å². The first-order valence-electron chi connectivity index (χ1n) is 12.3. The zero-order chi connectivity index (χ0) is 26.8. The van der Waals surface area contributed by atoms with E-state index >= 15 is 0 Å². The highest BCUT2D eigenvalue weighted by Crippen LogP contribution is 2.35. The minimum atomic E-state index is -1.03. The van der Waals surface area contributed by atoms with Gasteiger partial charge in [-0.3, -0.25) is 0 Å². The highest BCUT2D eigenvalue weighted by atomic mass is 31.1. The summed E-state index contributed by atoms with van der Waals surface area (Å²) in [6.07, 6.45) is -0.285. The Bertz CT molecular complexity index is 1280. The summed E-state index contributed by atoms with van der Waals surface area (Å²) >= 11 is 0. The van der Waals surface area contributed by atoms with Crippen LogP contribution in [-0.4, -0.2) is 45.3 Å². The average Bonchev–Trinajstić information content (AvgIpc) is 3.13. The van der Waals surface area contributed by atoms with Gasteiger partial charge in [0.25, 0.3) is 8.01 Å². The molecule has 0 spiro atoms. The van der Waals surface area contributed by atoms with E-state index in [1.54, 1.807) is 0 Å². The summed E-state index contributed by atoms with van der Waals surface area (Å²) in [6.45, 7) is 8.55. The van der Waals surface area contributed by atoms with Crippen molar-refractivity contribution in [3.63, 3.8) is 0 Å². The summed E-state index contributed by atoms with van der Waals surface area (Å²) in [7, 11) is 2.46. The van der Waals surface area contributed by atoms with Crippen molar-refractivity contribution in [1.29, 1.82) is 0 Å². The molecule has 1 fully saturated rings. The molecule has 2 heterocycles. The highest BCUT2D eigenvalue weighted by molar-refractivity contribution is 7.65. The van der Waals surface area contributed by atoms with Gasteiger partial charge in [0.15, 0.2) is 11.8 Å². The lowest BCUT2D eigenvalue weighted by molar-refractivity contribution is -0.244. The van der Waals surface area contributed by atoms with E-state index in [-0.39, 0.29) is 11.7 Å². The number of benzene rings is 3. The fraction of sp³-hybridized carbons (Fsp3) is 0.321. The van der Waals surface area contributed by atoms with Gasteiger partial charge in [-0.2, -0.15) is 0 Å². The van der Waals surface area contributed by atoms with E-state index in [4.69, 9.17) is 26.9 Å². The second-order valence-electron chi connectivity index (χ2n) is 8.96. The summed E-state index contributed by atoms with van der Waals surface area (Å²) in [5, 5.41) is 2.17. The molecule has 4 aromatic rings. The molecule has 3 unspecified atom stereocenters. The second-order valence-corrected chi connectivity index (χ2v) is 12.5. The Morgan fingerprint density at radius 1 is 0.842 bits per heavy atom. The number of aryl methyl sites for hydroxylation is 1. The van der Waals surface area contributed by atoms with E-state index in [0.29, 0.717) is 44.0 Å². The Morgan fingerprint density at radius 2 is 1.34 bits per heavy atom. The largest absolute Gasteiger partial charge is 0.414 e. The first-order valence-corrected chi connectivity index (χ1v) is 17.1. The summed E-state index contributed by atoms with van der Waals surface area (Å²) in [4.78, 5) is 0. The molecule has 0 aliphatic carbocycles. The Hall–Kier alpha value is -1.57. The Balaban J connectivity index is 0.000000180. The minimum Gasteiger partial charge on any atom is -0.414 e. The molecule has 0 saturated carbocycles. The number of hydrogen-bond donors (Lipinski definition) is 0. The molecule has 3 atom stereocenters. The van der Waals surface area contributed by atoms with Crippen molar-refractivity contribution in [1.82, 2.24) is 0 Å². The normalized spacial score (nSPS) is 19.7. The third kappa shape index (κ3) is 7.76. The standard InChI is InChI=1S/C15H24O4P2.C13H10O2P2/c1-12-4-6-13(7-5-12)14-16-8-15(9-17-14,10-18-20-2)11-19-21-3;16-9-17-14-12-7-3-1-5-10(12)11-6-2-4-8-13(11)15-17/h4-7,14,20-21H,8-11H2,1-3H3;1-9,16H/p+1. The summed E-state index contributed by atoms with van der Waals surface area (Å²) in [6, 6.07) is 24.3. The van der Waals surface area contributed by atoms with Gasteiger partial charge in [0.1, 0.15) is 11.2 Å². The van der Waals surface area contributed by atoms with Crippen molar-refractivity contribution in [3.05, 3.63) is 83.9 Å². The van der Waals surface area contributed by atoms with Crippen LogP contribution in [0.2, 0.25) is 0 Å². The molecule has 1 aliphatic heterocycles. The van der Waals surface area contributed by atoms with Crippen LogP contribution in [0.25, 0.3) is 21.9 Å². The molecule has 6 nitrogen and oxygen atoms in total. The second kappa shape index (κ2) is 14.7. The molecule has 1 saturated heterocycles. The molecule has 1 aliphatic rings. The van der Waals surface area contributed by atoms with E-state index in [9.17, 15) is 0 Å². The summed E-state index contributed by atoms with van der Waals surface area (Å²) in [5.74, 6) is 0. The van der Waals surface area contributed by atoms with E-state index in [1.165, 1.54) is 5.56 Å². The van der Waals surface area contributed by atoms with Crippen molar-refractivity contribution >= 4 is 62.0 Å². The minimum absolute atomic E-state index is 0.187. The SMILES string of the molecule is CPOCC1(COPC)COC(c2ccc(C)cc2)OC1.[PH2+]=Cp1oc2ccccc2c2ccccc2o1. The lowest BCUT2D eigenvalue weighted by atomic mass is 9.91. The monoisotopic (exact) mass is 591 g/mol. The number of para-hydroxylation sites is 2. The fourth-order valence-corrected chi connectivity index (χ4v) is 6.11. The molecule has 0 N–H and O–H groups in total. The van der Waals surface area contributed by atoms with Crippen molar-refractivity contribution in [2.75, 3.05) is 39.8 Å². The van der Waals surface area contributed by atoms with E-state index in [0.717, 1.165) is 27.5 Å². The molecule has 0 bridgehead atoms. The van der Waals surface area contributed by atoms with Crippen LogP contribution >= 0.6 is 34.5 Å². The molecule has 202 valence electrons. The van der Waals surface area contributed by atoms with Gasteiger partial charge < -0.3 is 26.9 Å². The molecular formula is C28H35O6P4+. The van der Waals surface area contributed by atoms with Crippen LogP contribution in [-0.2, 0) is 18.5 Å². The number of hydrogen-bond acceptors (Lipinski definition) is 6. The number of rotatable bonds is 8. The van der Waals surface area contributed by atoms with Crippen LogP contribution in [0.1, 0.15) is 17.4 Å². The van der Waals surface area contributed by atoms with Crippen LogP contribution in [0, 0.1) is 12.3 Å². The molecule has 3 aromatic carbocycles. The molecule has 0 amide bonds. The Labute approximate surface area is 230 Å². The first-order chi connectivity index (χ1) is 18.6. The molecule has 5 rings (SSSR count). The van der Waals surface area contributed by atoms with E-state index < -0.39 is 8.01 Å². The third-order valence-corrected chi connectivity index (χ3v) is 8.63. The zero-order valence-electron chi connectivity index (χ0n) is 21.9. The maximum absolute atomic E-state index is 5.94. The van der Waals surface area contributed by atoms with Gasteiger partial charge in [-0.25, -0.2) is 0 Å². The van der Waals surface area contributed by atoms with E-state index in [1.807, 2.05) is 55.3 Å². The molecule has 0 radical (unpaired) electrons. The number of ether oxygens (including phenoxy) is 2. The van der Waals surface area contributed by atoms with Gasteiger partial charge in [-0.1, -0.05) is 66.2 Å².